The lowest BCUT2D eigenvalue weighted by atomic mass is 9.86. The maximum absolute atomic E-state index is 12.8. The molecule has 7 nitrogen and oxygen atoms in total. The number of nitrogens with one attached hydrogen (secondary N) is 1. The van der Waals surface area contributed by atoms with Crippen LogP contribution in [0.4, 0.5) is 0 Å². The first kappa shape index (κ1) is 21.6. The van der Waals surface area contributed by atoms with Gasteiger partial charge in [0.15, 0.2) is 6.61 Å². The van der Waals surface area contributed by atoms with Gasteiger partial charge in [-0.25, -0.2) is 13.2 Å². The molecule has 0 bridgehead atoms. The maximum Gasteiger partial charge on any atom is 0.350 e. The second-order valence-electron chi connectivity index (χ2n) is 7.14. The van der Waals surface area contributed by atoms with Crippen LogP contribution in [0.3, 0.4) is 0 Å². The summed E-state index contributed by atoms with van der Waals surface area (Å²) >= 11 is 2.73. The van der Waals surface area contributed by atoms with Gasteiger partial charge >= 0.3 is 5.97 Å². The summed E-state index contributed by atoms with van der Waals surface area (Å²) in [7, 11) is -3.73. The first-order chi connectivity index (χ1) is 13.4. The molecule has 1 N–H and O–H groups in total. The lowest BCUT2D eigenvalue weighted by molar-refractivity contribution is -0.125. The summed E-state index contributed by atoms with van der Waals surface area (Å²) in [6.45, 7) is 2.57. The van der Waals surface area contributed by atoms with Crippen LogP contribution in [-0.2, 0) is 19.6 Å². The Morgan fingerprint density at radius 3 is 2.68 bits per heavy atom. The lowest BCUT2D eigenvalue weighted by Crippen LogP contribution is -2.43. The van der Waals surface area contributed by atoms with Crippen molar-refractivity contribution in [3.63, 3.8) is 0 Å². The highest BCUT2D eigenvalue weighted by Crippen LogP contribution is 2.28. The summed E-state index contributed by atoms with van der Waals surface area (Å²) in [6, 6.07) is 1.54. The van der Waals surface area contributed by atoms with Gasteiger partial charge < -0.3 is 10.1 Å². The van der Waals surface area contributed by atoms with Gasteiger partial charge in [0.25, 0.3) is 5.91 Å². The minimum absolute atomic E-state index is 0.0251. The molecule has 0 spiro atoms. The quantitative estimate of drug-likeness (QED) is 0.674. The summed E-state index contributed by atoms with van der Waals surface area (Å²) in [5, 5.41) is 4.49. The molecule has 2 unspecified atom stereocenters. The number of nitrogens with zero attached hydrogens (tertiary/aromatic N) is 1. The Balaban J connectivity index is 1.59. The maximum atomic E-state index is 12.8. The fourth-order valence-electron chi connectivity index (χ4n) is 3.55. The number of thioether (sulfide) groups is 1. The predicted octanol–water partition coefficient (Wildman–Crippen LogP) is 2.34. The number of carbonyl (C=O) groups excluding carboxylic acids is 2. The predicted molar refractivity (Wildman–Crippen MR) is 110 cm³/mol. The zero-order chi connectivity index (χ0) is 20.1. The Morgan fingerprint density at radius 1 is 1.25 bits per heavy atom. The molecule has 1 saturated carbocycles. The molecule has 1 aromatic rings. The van der Waals surface area contributed by atoms with Crippen molar-refractivity contribution in [1.29, 1.82) is 0 Å². The zero-order valence-corrected chi connectivity index (χ0v) is 18.3. The number of hydrogen-bond acceptors (Lipinski definition) is 7. The highest BCUT2D eigenvalue weighted by atomic mass is 32.2. The lowest BCUT2D eigenvalue weighted by Gasteiger charge is -2.29. The zero-order valence-electron chi connectivity index (χ0n) is 15.9. The van der Waals surface area contributed by atoms with Crippen molar-refractivity contribution in [2.75, 3.05) is 31.2 Å². The molecule has 2 heterocycles. The number of amides is 1. The summed E-state index contributed by atoms with van der Waals surface area (Å²) in [5.41, 5.74) is 0. The average Bonchev–Trinajstić information content (AvgIpc) is 3.19. The van der Waals surface area contributed by atoms with E-state index in [1.54, 1.807) is 17.1 Å². The van der Waals surface area contributed by atoms with Crippen LogP contribution in [0.2, 0.25) is 0 Å². The molecule has 2 aliphatic rings. The van der Waals surface area contributed by atoms with Crippen LogP contribution in [0.25, 0.3) is 0 Å². The van der Waals surface area contributed by atoms with Crippen molar-refractivity contribution in [3.8, 4) is 0 Å². The van der Waals surface area contributed by atoms with E-state index in [2.05, 4.69) is 12.2 Å². The summed E-state index contributed by atoms with van der Waals surface area (Å²) in [6.07, 6.45) is 4.27. The smallest absolute Gasteiger partial charge is 0.350 e. The molecule has 1 aliphatic carbocycles. The molecule has 0 aromatic carbocycles. The van der Waals surface area contributed by atoms with Gasteiger partial charge in [-0.05, 0) is 30.2 Å². The molecule has 1 aromatic heterocycles. The second-order valence-corrected chi connectivity index (χ2v) is 11.2. The van der Waals surface area contributed by atoms with E-state index >= 15 is 0 Å². The number of rotatable bonds is 6. The highest BCUT2D eigenvalue weighted by molar-refractivity contribution is 7.99. The van der Waals surface area contributed by atoms with Crippen molar-refractivity contribution in [1.82, 2.24) is 9.62 Å². The van der Waals surface area contributed by atoms with Crippen molar-refractivity contribution in [2.24, 2.45) is 5.92 Å². The van der Waals surface area contributed by atoms with Crippen molar-refractivity contribution >= 4 is 45.0 Å². The van der Waals surface area contributed by atoms with Crippen molar-refractivity contribution in [3.05, 3.63) is 16.3 Å². The van der Waals surface area contributed by atoms with Crippen LogP contribution < -0.4 is 5.32 Å². The Kier molecular flexibility index (Phi) is 7.41. The van der Waals surface area contributed by atoms with Gasteiger partial charge in [0, 0.05) is 30.6 Å². The van der Waals surface area contributed by atoms with Crippen LogP contribution in [0.15, 0.2) is 16.3 Å². The van der Waals surface area contributed by atoms with Crippen LogP contribution in [0, 0.1) is 5.92 Å². The van der Waals surface area contributed by atoms with Gasteiger partial charge in [0.1, 0.15) is 9.77 Å². The van der Waals surface area contributed by atoms with Crippen LogP contribution >= 0.6 is 23.1 Å². The number of hydrogen-bond donors (Lipinski definition) is 1. The fourth-order valence-corrected chi connectivity index (χ4v) is 7.41. The van der Waals surface area contributed by atoms with E-state index in [0.29, 0.717) is 19.0 Å². The third-order valence-electron chi connectivity index (χ3n) is 5.19. The first-order valence-corrected chi connectivity index (χ1v) is 13.0. The van der Waals surface area contributed by atoms with E-state index in [0.717, 1.165) is 42.1 Å². The fraction of sp³-hybridized carbons (Fsp3) is 0.667. The van der Waals surface area contributed by atoms with E-state index in [9.17, 15) is 18.0 Å². The highest BCUT2D eigenvalue weighted by Gasteiger charge is 2.32. The van der Waals surface area contributed by atoms with Crippen LogP contribution in [-0.4, -0.2) is 61.8 Å². The Labute approximate surface area is 174 Å². The number of carbonyl (C=O) groups is 2. The van der Waals surface area contributed by atoms with Gasteiger partial charge in [-0.3, -0.25) is 4.79 Å². The van der Waals surface area contributed by atoms with Gasteiger partial charge in [-0.15, -0.1) is 11.3 Å². The average molecular weight is 447 g/mol. The minimum atomic E-state index is -3.73. The minimum Gasteiger partial charge on any atom is -0.451 e. The van der Waals surface area contributed by atoms with E-state index in [1.165, 1.54) is 16.8 Å². The van der Waals surface area contributed by atoms with Gasteiger partial charge in [0.05, 0.1) is 0 Å². The third kappa shape index (κ3) is 5.08. The molecular weight excluding hydrogens is 420 g/mol. The Bertz CT molecular complexity index is 802. The molecular formula is C18H26N2O5S3. The summed E-state index contributed by atoms with van der Waals surface area (Å²) in [5.74, 6) is 0.768. The van der Waals surface area contributed by atoms with Crippen LogP contribution in [0.1, 0.15) is 42.3 Å². The summed E-state index contributed by atoms with van der Waals surface area (Å²) < 4.78 is 32.2. The second kappa shape index (κ2) is 9.60. The van der Waals surface area contributed by atoms with E-state index in [4.69, 9.17) is 4.74 Å². The summed E-state index contributed by atoms with van der Waals surface area (Å²) in [4.78, 5) is 24.6. The van der Waals surface area contributed by atoms with E-state index in [-0.39, 0.29) is 21.7 Å². The van der Waals surface area contributed by atoms with Crippen molar-refractivity contribution in [2.45, 2.75) is 43.5 Å². The van der Waals surface area contributed by atoms with E-state index < -0.39 is 22.6 Å². The number of thiophene rings is 1. The molecule has 1 amide bonds. The van der Waals surface area contributed by atoms with Crippen molar-refractivity contribution < 1.29 is 22.7 Å². The molecule has 1 saturated heterocycles. The normalized spacial score (nSPS) is 23.9. The molecule has 1 aliphatic heterocycles. The number of sulfonamides is 1. The monoisotopic (exact) mass is 446 g/mol. The van der Waals surface area contributed by atoms with E-state index in [1.807, 2.05) is 0 Å². The Hall–Kier alpha value is -1.10. The molecule has 2 fully saturated rings. The molecule has 0 radical (unpaired) electrons. The largest absolute Gasteiger partial charge is 0.451 e. The molecule has 28 heavy (non-hydrogen) atoms. The van der Waals surface area contributed by atoms with Gasteiger partial charge in [-0.2, -0.15) is 16.1 Å². The first-order valence-electron chi connectivity index (χ1n) is 9.51. The van der Waals surface area contributed by atoms with Gasteiger partial charge in [0.2, 0.25) is 10.0 Å². The molecule has 2 atom stereocenters. The number of esters is 1. The number of ether oxygens (including phenoxy) is 1. The molecule has 10 heteroatoms. The third-order valence-corrected chi connectivity index (χ3v) is 9.10. The molecule has 156 valence electrons. The Morgan fingerprint density at radius 2 is 1.96 bits per heavy atom. The standard InChI is InChI=1S/C18H26N2O5S3/c1-13-4-2-3-5-14(13)19-16(21)12-25-18(22)17-15(6-9-27-17)28(23,24)20-7-10-26-11-8-20/h6,9,13-14H,2-5,7-8,10-12H2,1H3,(H,19,21). The SMILES string of the molecule is CC1CCCCC1NC(=O)COC(=O)c1sccc1S(=O)(=O)N1CCSCC1. The molecule has 3 rings (SSSR count). The topological polar surface area (TPSA) is 92.8 Å². The van der Waals surface area contributed by atoms with Crippen LogP contribution in [0.5, 0.6) is 0 Å². The van der Waals surface area contributed by atoms with Gasteiger partial charge in [-0.1, -0.05) is 19.8 Å².